The van der Waals surface area contributed by atoms with E-state index in [1.54, 1.807) is 6.92 Å². The van der Waals surface area contributed by atoms with Gasteiger partial charge in [-0.25, -0.2) is 19.7 Å². The van der Waals surface area contributed by atoms with Crippen LogP contribution in [0, 0.1) is 0 Å². The van der Waals surface area contributed by atoms with E-state index in [0.29, 0.717) is 17.0 Å². The summed E-state index contributed by atoms with van der Waals surface area (Å²) in [6.45, 7) is 10.3. The summed E-state index contributed by atoms with van der Waals surface area (Å²) in [7, 11) is 2.04. The van der Waals surface area contributed by atoms with Crippen LogP contribution in [0.1, 0.15) is 27.2 Å². The van der Waals surface area contributed by atoms with Crippen LogP contribution in [-0.2, 0) is 4.74 Å². The molecule has 2 aromatic heterocycles. The zero-order valence-corrected chi connectivity index (χ0v) is 22.6. The smallest absolute Gasteiger partial charge is 0.412 e. The average Bonchev–Trinajstić information content (AvgIpc) is 2.95. The van der Waals surface area contributed by atoms with Gasteiger partial charge in [0.1, 0.15) is 11.3 Å². The zero-order chi connectivity index (χ0) is 26.9. The van der Waals surface area contributed by atoms with Gasteiger partial charge in [0.15, 0.2) is 5.65 Å². The van der Waals surface area contributed by atoms with Crippen molar-refractivity contribution in [3.63, 3.8) is 0 Å². The largest absolute Gasteiger partial charge is 0.450 e. The van der Waals surface area contributed by atoms with Gasteiger partial charge in [0.2, 0.25) is 0 Å². The van der Waals surface area contributed by atoms with E-state index in [4.69, 9.17) is 14.7 Å². The number of hydrogen-bond donors (Lipinski definition) is 1. The second-order valence-electron chi connectivity index (χ2n) is 9.00. The van der Waals surface area contributed by atoms with Gasteiger partial charge < -0.3 is 14.5 Å². The number of ether oxygens (including phenoxy) is 1. The normalized spacial score (nSPS) is 11.1. The predicted octanol–water partition coefficient (Wildman–Crippen LogP) is 6.10. The van der Waals surface area contributed by atoms with Crippen molar-refractivity contribution in [1.29, 1.82) is 0 Å². The van der Waals surface area contributed by atoms with Crippen molar-refractivity contribution in [2.45, 2.75) is 27.2 Å². The Morgan fingerprint density at radius 3 is 2.03 bits per heavy atom. The number of nitrogens with one attached hydrogen (secondary N) is 1. The molecule has 0 unspecified atom stereocenters. The summed E-state index contributed by atoms with van der Waals surface area (Å²) in [4.78, 5) is 31.7. The van der Waals surface area contributed by atoms with Crippen LogP contribution >= 0.6 is 0 Å². The standard InChI is InChI=1S/C30H36N6O2/c1-5-36(6-2)20-14-19-35(4)24-21-25(32-30(37)38-7-3)31-29-28(24)33-26(22-15-10-8-11-16-22)27(34-29)23-17-12-9-13-18-23/h8-13,15-18,21H,5-7,14,19-20H2,1-4H3,(H,31,32,34,37). The Balaban J connectivity index is 1.84. The van der Waals surface area contributed by atoms with Gasteiger partial charge in [-0.3, -0.25) is 5.32 Å². The van der Waals surface area contributed by atoms with Gasteiger partial charge in [-0.1, -0.05) is 74.5 Å². The Kier molecular flexibility index (Phi) is 9.21. The fourth-order valence-corrected chi connectivity index (χ4v) is 4.43. The van der Waals surface area contributed by atoms with Gasteiger partial charge in [0.25, 0.3) is 0 Å². The Hall–Kier alpha value is -4.04. The van der Waals surface area contributed by atoms with Crippen molar-refractivity contribution in [3.8, 4) is 22.5 Å². The third-order valence-electron chi connectivity index (χ3n) is 6.49. The molecule has 38 heavy (non-hydrogen) atoms. The number of aromatic nitrogens is 3. The third-order valence-corrected chi connectivity index (χ3v) is 6.49. The lowest BCUT2D eigenvalue weighted by atomic mass is 10.0. The van der Waals surface area contributed by atoms with Crippen LogP contribution in [0.4, 0.5) is 16.3 Å². The highest BCUT2D eigenvalue weighted by Gasteiger charge is 2.19. The molecule has 1 amide bonds. The van der Waals surface area contributed by atoms with E-state index >= 15 is 0 Å². The van der Waals surface area contributed by atoms with E-state index in [1.165, 1.54) is 0 Å². The molecular formula is C30H36N6O2. The highest BCUT2D eigenvalue weighted by molar-refractivity contribution is 5.94. The lowest BCUT2D eigenvalue weighted by Crippen LogP contribution is -2.28. The summed E-state index contributed by atoms with van der Waals surface area (Å²) in [6.07, 6.45) is 0.440. The first-order valence-electron chi connectivity index (χ1n) is 13.2. The van der Waals surface area contributed by atoms with Gasteiger partial charge in [-0.2, -0.15) is 0 Å². The SMILES string of the molecule is CCOC(=O)Nc1cc(N(C)CCCN(CC)CC)c2nc(-c3ccccc3)c(-c3ccccc3)nc2n1. The highest BCUT2D eigenvalue weighted by atomic mass is 16.5. The van der Waals surface area contributed by atoms with E-state index in [9.17, 15) is 4.79 Å². The Morgan fingerprint density at radius 2 is 1.45 bits per heavy atom. The molecule has 0 saturated heterocycles. The minimum Gasteiger partial charge on any atom is -0.450 e. The predicted molar refractivity (Wildman–Crippen MR) is 155 cm³/mol. The number of nitrogens with zero attached hydrogens (tertiary/aromatic N) is 5. The van der Waals surface area contributed by atoms with Crippen LogP contribution in [0.3, 0.4) is 0 Å². The molecular weight excluding hydrogens is 476 g/mol. The topological polar surface area (TPSA) is 83.5 Å². The number of carbonyl (C=O) groups is 1. The Morgan fingerprint density at radius 1 is 0.842 bits per heavy atom. The molecule has 0 saturated carbocycles. The van der Waals surface area contributed by atoms with Gasteiger partial charge in [-0.05, 0) is 33.0 Å². The third kappa shape index (κ3) is 6.44. The van der Waals surface area contributed by atoms with Crippen LogP contribution in [0.15, 0.2) is 66.7 Å². The molecule has 0 radical (unpaired) electrons. The average molecular weight is 513 g/mol. The number of anilines is 2. The summed E-state index contributed by atoms with van der Waals surface area (Å²) >= 11 is 0. The van der Waals surface area contributed by atoms with Gasteiger partial charge in [0.05, 0.1) is 23.7 Å². The first-order valence-corrected chi connectivity index (χ1v) is 13.2. The van der Waals surface area contributed by atoms with Crippen LogP contribution in [0.25, 0.3) is 33.7 Å². The van der Waals surface area contributed by atoms with Crippen molar-refractivity contribution in [3.05, 3.63) is 66.7 Å². The van der Waals surface area contributed by atoms with E-state index in [2.05, 4.69) is 33.9 Å². The summed E-state index contributed by atoms with van der Waals surface area (Å²) in [5, 5.41) is 2.75. The zero-order valence-electron chi connectivity index (χ0n) is 22.6. The molecule has 4 rings (SSSR count). The number of fused-ring (bicyclic) bond motifs is 1. The number of amides is 1. The fourth-order valence-electron chi connectivity index (χ4n) is 4.43. The molecule has 0 atom stereocenters. The Bertz CT molecular complexity index is 1340. The second-order valence-corrected chi connectivity index (χ2v) is 9.00. The molecule has 8 nitrogen and oxygen atoms in total. The van der Waals surface area contributed by atoms with Crippen LogP contribution in [-0.4, -0.2) is 65.8 Å². The molecule has 2 aromatic carbocycles. The van der Waals surface area contributed by atoms with E-state index in [0.717, 1.165) is 60.8 Å². The number of rotatable bonds is 11. The van der Waals surface area contributed by atoms with E-state index in [-0.39, 0.29) is 6.61 Å². The van der Waals surface area contributed by atoms with Crippen molar-refractivity contribution >= 4 is 28.8 Å². The maximum absolute atomic E-state index is 12.2. The quantitative estimate of drug-likeness (QED) is 0.260. The van der Waals surface area contributed by atoms with Crippen LogP contribution in [0.2, 0.25) is 0 Å². The summed E-state index contributed by atoms with van der Waals surface area (Å²) in [6, 6.07) is 21.9. The molecule has 0 aliphatic carbocycles. The van der Waals surface area contributed by atoms with Crippen molar-refractivity contribution < 1.29 is 9.53 Å². The lowest BCUT2D eigenvalue weighted by molar-refractivity contribution is 0.168. The number of hydrogen-bond acceptors (Lipinski definition) is 7. The number of pyridine rings is 1. The molecule has 8 heteroatoms. The molecule has 198 valence electrons. The van der Waals surface area contributed by atoms with Gasteiger partial charge in [0, 0.05) is 30.8 Å². The van der Waals surface area contributed by atoms with Crippen molar-refractivity contribution in [2.24, 2.45) is 0 Å². The molecule has 0 bridgehead atoms. The lowest BCUT2D eigenvalue weighted by Gasteiger charge is -2.24. The van der Waals surface area contributed by atoms with Crippen molar-refractivity contribution in [1.82, 2.24) is 19.9 Å². The highest BCUT2D eigenvalue weighted by Crippen LogP contribution is 2.34. The van der Waals surface area contributed by atoms with E-state index < -0.39 is 6.09 Å². The van der Waals surface area contributed by atoms with Crippen LogP contribution in [0.5, 0.6) is 0 Å². The maximum Gasteiger partial charge on any atom is 0.412 e. The van der Waals surface area contributed by atoms with E-state index in [1.807, 2.05) is 73.8 Å². The number of benzene rings is 2. The molecule has 0 aliphatic heterocycles. The monoisotopic (exact) mass is 512 g/mol. The van der Waals surface area contributed by atoms with Crippen molar-refractivity contribution in [2.75, 3.05) is 50.1 Å². The summed E-state index contributed by atoms with van der Waals surface area (Å²) < 4.78 is 5.10. The minimum absolute atomic E-state index is 0.274. The van der Waals surface area contributed by atoms with Crippen LogP contribution < -0.4 is 10.2 Å². The molecule has 0 spiro atoms. The Labute approximate surface area is 224 Å². The molecule has 2 heterocycles. The molecule has 1 N–H and O–H groups in total. The van der Waals surface area contributed by atoms with Gasteiger partial charge in [-0.15, -0.1) is 0 Å². The second kappa shape index (κ2) is 13.0. The maximum atomic E-state index is 12.2. The number of carbonyl (C=O) groups excluding carboxylic acids is 1. The molecule has 0 aliphatic rings. The molecule has 4 aromatic rings. The summed E-state index contributed by atoms with van der Waals surface area (Å²) in [5.74, 6) is 0.377. The van der Waals surface area contributed by atoms with Gasteiger partial charge >= 0.3 is 6.09 Å². The molecule has 0 fully saturated rings. The minimum atomic E-state index is -0.549. The first-order chi connectivity index (χ1) is 18.5. The summed E-state index contributed by atoms with van der Waals surface area (Å²) in [5.41, 5.74) is 5.44. The fraction of sp³-hybridized carbons (Fsp3) is 0.333. The first kappa shape index (κ1) is 27.0.